The molecule has 0 radical (unpaired) electrons. The molecular weight excluding hydrogens is 464 g/mol. The number of rotatable bonds is 6. The highest BCUT2D eigenvalue weighted by Crippen LogP contribution is 2.17. The highest BCUT2D eigenvalue weighted by Gasteiger charge is 2.14. The van der Waals surface area contributed by atoms with Gasteiger partial charge in [-0.05, 0) is 59.7 Å². The van der Waals surface area contributed by atoms with Gasteiger partial charge in [-0.2, -0.15) is 0 Å². The van der Waals surface area contributed by atoms with Crippen LogP contribution >= 0.6 is 11.3 Å². The molecule has 0 saturated heterocycles. The molecule has 0 unspecified atom stereocenters. The first-order chi connectivity index (χ1) is 17.1. The Morgan fingerprint density at radius 1 is 0.914 bits per heavy atom. The van der Waals surface area contributed by atoms with Gasteiger partial charge in [-0.15, -0.1) is 10.2 Å². The van der Waals surface area contributed by atoms with Crippen molar-refractivity contribution in [1.82, 2.24) is 19.6 Å². The molecule has 0 amide bonds. The van der Waals surface area contributed by atoms with E-state index in [1.54, 1.807) is 68.1 Å². The monoisotopic (exact) mass is 482 g/mol. The molecule has 8 nitrogen and oxygen atoms in total. The molecule has 9 heteroatoms. The quantitative estimate of drug-likeness (QED) is 0.208. The molecule has 0 fully saturated rings. The lowest BCUT2D eigenvalue weighted by atomic mass is 10.2. The Labute approximate surface area is 203 Å². The molecule has 0 spiro atoms. The smallest absolute Gasteiger partial charge is 0.336 e. The molecule has 0 aliphatic carbocycles. The lowest BCUT2D eigenvalue weighted by Crippen LogP contribution is -2.23. The van der Waals surface area contributed by atoms with Crippen molar-refractivity contribution in [2.75, 3.05) is 7.11 Å². The Kier molecular flexibility index (Phi) is 6.15. The molecule has 0 aliphatic rings. The second kappa shape index (κ2) is 9.70. The number of pyridine rings is 1. The van der Waals surface area contributed by atoms with Crippen LogP contribution in [0.4, 0.5) is 0 Å². The van der Waals surface area contributed by atoms with E-state index in [2.05, 4.69) is 15.2 Å². The number of hydrogen-bond acceptors (Lipinski definition) is 8. The Morgan fingerprint density at radius 3 is 2.31 bits per heavy atom. The normalized spacial score (nSPS) is 11.9. The Bertz CT molecular complexity index is 1620. The first kappa shape index (κ1) is 22.2. The van der Waals surface area contributed by atoms with Crippen LogP contribution < -0.4 is 19.6 Å². The molecule has 5 rings (SSSR count). The van der Waals surface area contributed by atoms with E-state index < -0.39 is 5.97 Å². The summed E-state index contributed by atoms with van der Waals surface area (Å²) in [5, 5.41) is 8.27. The predicted octanol–water partition coefficient (Wildman–Crippen LogP) is 3.39. The molecule has 0 bridgehead atoms. The van der Waals surface area contributed by atoms with Gasteiger partial charge in [0.25, 0.3) is 5.56 Å². The van der Waals surface area contributed by atoms with Crippen molar-refractivity contribution in [3.63, 3.8) is 0 Å². The zero-order chi connectivity index (χ0) is 24.2. The number of methoxy groups -OCH3 is 1. The summed E-state index contributed by atoms with van der Waals surface area (Å²) < 4.78 is 12.5. The molecule has 0 N–H and O–H groups in total. The van der Waals surface area contributed by atoms with E-state index >= 15 is 0 Å². The summed E-state index contributed by atoms with van der Waals surface area (Å²) in [5.41, 5.74) is 2.21. The molecule has 0 saturated carbocycles. The van der Waals surface area contributed by atoms with Crippen LogP contribution in [0.5, 0.6) is 11.5 Å². The van der Waals surface area contributed by atoms with Crippen molar-refractivity contribution in [3.05, 3.63) is 105 Å². The number of thiazole rings is 1. The van der Waals surface area contributed by atoms with E-state index in [0.29, 0.717) is 21.1 Å². The standard InChI is InChI=1S/C26H18N4O4S/c1-33-20-7-2-17(3-8-20)6-11-23(31)34-21-9-4-18(5-10-21)16-22-25(32)30-24(28-29-26(30)35-22)19-12-14-27-15-13-19/h2-16H,1H3/b11-6+,22-16-. The van der Waals surface area contributed by atoms with E-state index in [1.807, 2.05) is 24.3 Å². The van der Waals surface area contributed by atoms with Crippen LogP contribution in [0.15, 0.2) is 83.9 Å². The molecule has 0 atom stereocenters. The van der Waals surface area contributed by atoms with Gasteiger partial charge < -0.3 is 9.47 Å². The maximum Gasteiger partial charge on any atom is 0.336 e. The SMILES string of the molecule is COc1ccc(/C=C/C(=O)Oc2ccc(/C=c3\sc4nnc(-c5ccncc5)n4c3=O)cc2)cc1. The summed E-state index contributed by atoms with van der Waals surface area (Å²) in [6.07, 6.45) is 8.09. The minimum Gasteiger partial charge on any atom is -0.497 e. The van der Waals surface area contributed by atoms with Gasteiger partial charge in [0.05, 0.1) is 11.6 Å². The highest BCUT2D eigenvalue weighted by atomic mass is 32.1. The molecule has 35 heavy (non-hydrogen) atoms. The van der Waals surface area contributed by atoms with Gasteiger partial charge in [-0.25, -0.2) is 9.20 Å². The van der Waals surface area contributed by atoms with Crippen LogP contribution in [0.3, 0.4) is 0 Å². The molecule has 3 aromatic heterocycles. The van der Waals surface area contributed by atoms with Crippen LogP contribution in [-0.2, 0) is 4.79 Å². The fourth-order valence-electron chi connectivity index (χ4n) is 3.36. The topological polar surface area (TPSA) is 95.7 Å². The van der Waals surface area contributed by atoms with Crippen molar-refractivity contribution in [2.24, 2.45) is 0 Å². The van der Waals surface area contributed by atoms with Crippen molar-refractivity contribution in [1.29, 1.82) is 0 Å². The van der Waals surface area contributed by atoms with E-state index in [1.165, 1.54) is 21.8 Å². The number of carbonyl (C=O) groups is 1. The van der Waals surface area contributed by atoms with Crippen LogP contribution in [0.2, 0.25) is 0 Å². The van der Waals surface area contributed by atoms with Gasteiger partial charge in [0.1, 0.15) is 11.5 Å². The Hall–Kier alpha value is -4.63. The molecule has 2 aromatic carbocycles. The van der Waals surface area contributed by atoms with Crippen molar-refractivity contribution < 1.29 is 14.3 Å². The van der Waals surface area contributed by atoms with Crippen molar-refractivity contribution in [3.8, 4) is 22.9 Å². The summed E-state index contributed by atoms with van der Waals surface area (Å²) in [7, 11) is 1.60. The maximum atomic E-state index is 13.0. The lowest BCUT2D eigenvalue weighted by Gasteiger charge is -2.02. The van der Waals surface area contributed by atoms with Crippen molar-refractivity contribution >= 4 is 34.4 Å². The summed E-state index contributed by atoms with van der Waals surface area (Å²) in [5.74, 6) is 1.13. The van der Waals surface area contributed by atoms with Gasteiger partial charge in [0, 0.05) is 24.0 Å². The van der Waals surface area contributed by atoms with Crippen LogP contribution in [0, 0.1) is 0 Å². The molecule has 172 valence electrons. The van der Waals surface area contributed by atoms with Gasteiger partial charge in [-0.3, -0.25) is 9.78 Å². The molecular formula is C26H18N4O4S. The van der Waals surface area contributed by atoms with Gasteiger partial charge >= 0.3 is 5.97 Å². The van der Waals surface area contributed by atoms with E-state index in [-0.39, 0.29) is 5.56 Å². The average molecular weight is 483 g/mol. The van der Waals surface area contributed by atoms with E-state index in [0.717, 1.165) is 22.4 Å². The van der Waals surface area contributed by atoms with Gasteiger partial charge in [-0.1, -0.05) is 35.6 Å². The number of aromatic nitrogens is 4. The molecule has 5 aromatic rings. The molecule has 3 heterocycles. The number of ether oxygens (including phenoxy) is 2. The number of esters is 1. The van der Waals surface area contributed by atoms with Gasteiger partial charge in [0.2, 0.25) is 4.96 Å². The lowest BCUT2D eigenvalue weighted by molar-refractivity contribution is -0.128. The number of carbonyl (C=O) groups excluding carboxylic acids is 1. The number of nitrogens with zero attached hydrogens (tertiary/aromatic N) is 4. The second-order valence-corrected chi connectivity index (χ2v) is 8.40. The van der Waals surface area contributed by atoms with Gasteiger partial charge in [0.15, 0.2) is 5.82 Å². The number of fused-ring (bicyclic) bond motifs is 1. The summed E-state index contributed by atoms with van der Waals surface area (Å²) in [4.78, 5) is 29.6. The first-order valence-electron chi connectivity index (χ1n) is 10.5. The minimum absolute atomic E-state index is 0.194. The number of benzene rings is 2. The largest absolute Gasteiger partial charge is 0.497 e. The summed E-state index contributed by atoms with van der Waals surface area (Å²) in [6.45, 7) is 0. The summed E-state index contributed by atoms with van der Waals surface area (Å²) in [6, 6.07) is 17.8. The Morgan fingerprint density at radius 2 is 1.60 bits per heavy atom. The fourth-order valence-corrected chi connectivity index (χ4v) is 4.28. The predicted molar refractivity (Wildman–Crippen MR) is 133 cm³/mol. The van der Waals surface area contributed by atoms with E-state index in [4.69, 9.17) is 9.47 Å². The zero-order valence-electron chi connectivity index (χ0n) is 18.5. The Balaban J connectivity index is 1.31. The fraction of sp³-hybridized carbons (Fsp3) is 0.0385. The van der Waals surface area contributed by atoms with Crippen LogP contribution in [-0.4, -0.2) is 32.7 Å². The van der Waals surface area contributed by atoms with E-state index in [9.17, 15) is 9.59 Å². The maximum absolute atomic E-state index is 13.0. The third-order valence-electron chi connectivity index (χ3n) is 5.11. The minimum atomic E-state index is -0.491. The first-order valence-corrected chi connectivity index (χ1v) is 11.4. The second-order valence-electron chi connectivity index (χ2n) is 7.39. The van der Waals surface area contributed by atoms with Crippen LogP contribution in [0.25, 0.3) is 28.5 Å². The summed E-state index contributed by atoms with van der Waals surface area (Å²) >= 11 is 1.26. The highest BCUT2D eigenvalue weighted by molar-refractivity contribution is 7.15. The third-order valence-corrected chi connectivity index (χ3v) is 6.07. The third kappa shape index (κ3) is 4.85. The average Bonchev–Trinajstić information content (AvgIpc) is 3.44. The van der Waals surface area contributed by atoms with Crippen LogP contribution in [0.1, 0.15) is 11.1 Å². The van der Waals surface area contributed by atoms with Crippen molar-refractivity contribution in [2.45, 2.75) is 0 Å². The number of hydrogen-bond donors (Lipinski definition) is 0. The molecule has 0 aliphatic heterocycles. The zero-order valence-corrected chi connectivity index (χ0v) is 19.3.